The molecule has 0 aromatic carbocycles. The van der Waals surface area contributed by atoms with Crippen LogP contribution in [0.2, 0.25) is 0 Å². The van der Waals surface area contributed by atoms with Crippen LogP contribution in [0.4, 0.5) is 15.1 Å². The van der Waals surface area contributed by atoms with Gasteiger partial charge < -0.3 is 19.7 Å². The molecule has 11 nitrogen and oxygen atoms in total. The molecule has 2 atom stereocenters. The van der Waals surface area contributed by atoms with Gasteiger partial charge in [0.15, 0.2) is 0 Å². The van der Waals surface area contributed by atoms with Crippen molar-refractivity contribution in [3.63, 3.8) is 0 Å². The number of alkyl halides is 1. The number of imidazole rings is 1. The van der Waals surface area contributed by atoms with Gasteiger partial charge in [0.1, 0.15) is 17.3 Å². The van der Waals surface area contributed by atoms with Gasteiger partial charge in [-0.3, -0.25) is 4.40 Å². The molecule has 1 amide bonds. The number of rotatable bonds is 4. The van der Waals surface area contributed by atoms with Gasteiger partial charge >= 0.3 is 6.09 Å². The number of hydrogen-bond acceptors (Lipinski definition) is 8. The van der Waals surface area contributed by atoms with E-state index in [4.69, 9.17) is 9.47 Å². The molecule has 0 bridgehead atoms. The molecule has 1 N–H and O–H groups in total. The van der Waals surface area contributed by atoms with E-state index in [9.17, 15) is 9.18 Å². The van der Waals surface area contributed by atoms with Crippen LogP contribution in [0.15, 0.2) is 37.1 Å². The second-order valence-electron chi connectivity index (χ2n) is 9.10. The van der Waals surface area contributed by atoms with Gasteiger partial charge in [0.25, 0.3) is 0 Å². The minimum absolute atomic E-state index is 0.0661. The number of halogens is 1. The molecule has 0 radical (unpaired) electrons. The van der Waals surface area contributed by atoms with Crippen molar-refractivity contribution in [3.8, 4) is 17.0 Å². The lowest BCUT2D eigenvalue weighted by molar-refractivity contribution is 0.0283. The number of aromatic nitrogens is 6. The second kappa shape index (κ2) is 8.12. The summed E-state index contributed by atoms with van der Waals surface area (Å²) in [5.74, 6) is 1.11. The van der Waals surface area contributed by atoms with Gasteiger partial charge in [-0.2, -0.15) is 4.98 Å². The van der Waals surface area contributed by atoms with Crippen molar-refractivity contribution in [1.82, 2.24) is 33.9 Å². The zero-order valence-corrected chi connectivity index (χ0v) is 19.3. The number of anilines is 1. The molecule has 0 spiro atoms. The molecule has 0 saturated carbocycles. The molecule has 1 aliphatic rings. The zero-order valence-electron chi connectivity index (χ0n) is 19.3. The number of likely N-dealkylation sites (tertiary alicyclic amines) is 1. The first-order valence-electron chi connectivity index (χ1n) is 10.8. The Balaban J connectivity index is 1.40. The Hall–Kier alpha value is -3.96. The van der Waals surface area contributed by atoms with E-state index in [0.717, 1.165) is 11.1 Å². The summed E-state index contributed by atoms with van der Waals surface area (Å²) in [7, 11) is 1.51. The average Bonchev–Trinajstić information content (AvgIpc) is 3.50. The molecular formula is C22H25FN8O3. The third-order valence-corrected chi connectivity index (χ3v) is 5.44. The summed E-state index contributed by atoms with van der Waals surface area (Å²) in [6.07, 6.45) is 7.05. The molecule has 12 heteroatoms. The van der Waals surface area contributed by atoms with Gasteiger partial charge in [0.05, 0.1) is 19.7 Å². The van der Waals surface area contributed by atoms with E-state index < -0.39 is 23.9 Å². The summed E-state index contributed by atoms with van der Waals surface area (Å²) in [6.45, 7) is 5.38. The normalized spacial score (nSPS) is 18.6. The number of methoxy groups -OCH3 is 1. The summed E-state index contributed by atoms with van der Waals surface area (Å²) < 4.78 is 29.1. The molecule has 34 heavy (non-hydrogen) atoms. The molecule has 4 aromatic rings. The number of hydrogen-bond donors (Lipinski definition) is 1. The monoisotopic (exact) mass is 468 g/mol. The minimum atomic E-state index is -1.30. The molecule has 1 saturated heterocycles. The smallest absolute Gasteiger partial charge is 0.410 e. The number of carbonyl (C=O) groups excluding carboxylic acids is 1. The summed E-state index contributed by atoms with van der Waals surface area (Å²) in [5.41, 5.74) is 1.66. The van der Waals surface area contributed by atoms with Gasteiger partial charge in [0, 0.05) is 48.7 Å². The van der Waals surface area contributed by atoms with Crippen LogP contribution in [0.25, 0.3) is 22.4 Å². The van der Waals surface area contributed by atoms with Crippen LogP contribution < -0.4 is 10.1 Å². The Bertz CT molecular complexity index is 1360. The van der Waals surface area contributed by atoms with Crippen molar-refractivity contribution in [1.29, 1.82) is 0 Å². The quantitative estimate of drug-likeness (QED) is 0.487. The van der Waals surface area contributed by atoms with E-state index >= 15 is 0 Å². The third kappa shape index (κ3) is 4.06. The molecule has 1 fully saturated rings. The van der Waals surface area contributed by atoms with Crippen molar-refractivity contribution in [2.45, 2.75) is 38.6 Å². The summed E-state index contributed by atoms with van der Waals surface area (Å²) >= 11 is 0. The first kappa shape index (κ1) is 21.9. The Morgan fingerprint density at radius 1 is 1.24 bits per heavy atom. The van der Waals surface area contributed by atoms with Gasteiger partial charge in [0.2, 0.25) is 17.6 Å². The Labute approximate surface area is 194 Å². The van der Waals surface area contributed by atoms with Crippen molar-refractivity contribution in [2.24, 2.45) is 0 Å². The van der Waals surface area contributed by atoms with E-state index in [1.807, 2.05) is 22.9 Å². The van der Waals surface area contributed by atoms with Crippen molar-refractivity contribution < 1.29 is 18.7 Å². The average molecular weight is 468 g/mol. The lowest BCUT2D eigenvalue weighted by Gasteiger charge is -2.24. The SMILES string of the molecule is COc1nc(N[C@@H]2CN(C(=O)OC(C)(C)C)C[C@@H]2F)nn2ccc(-c3cnc4nccn4c3)c12. The minimum Gasteiger partial charge on any atom is -0.479 e. The number of ether oxygens (including phenoxy) is 2. The molecule has 5 heterocycles. The Kier molecular flexibility index (Phi) is 5.22. The van der Waals surface area contributed by atoms with Crippen LogP contribution in [-0.2, 0) is 4.74 Å². The molecule has 5 rings (SSSR count). The number of nitrogens with one attached hydrogen (secondary N) is 1. The first-order chi connectivity index (χ1) is 16.2. The fourth-order valence-electron chi connectivity index (χ4n) is 3.93. The zero-order chi connectivity index (χ0) is 24.0. The van der Waals surface area contributed by atoms with Gasteiger partial charge in [-0.05, 0) is 26.8 Å². The highest BCUT2D eigenvalue weighted by Gasteiger charge is 2.38. The van der Waals surface area contributed by atoms with E-state index in [2.05, 4.69) is 25.4 Å². The fraction of sp³-hybridized carbons (Fsp3) is 0.409. The lowest BCUT2D eigenvalue weighted by atomic mass is 10.1. The first-order valence-corrected chi connectivity index (χ1v) is 10.8. The standard InChI is InChI=1S/C22H25FN8O3/c1-22(2,3)34-21(32)30-11-15(23)16(12-30)26-19-27-18(33-4)17-14(5-7-31(17)28-19)13-9-25-20-24-6-8-29(20)10-13/h5-10,15-16H,11-12H2,1-4H3,(H,26,28)/t15-,16+/m0/s1. The predicted molar refractivity (Wildman–Crippen MR) is 122 cm³/mol. The Morgan fingerprint density at radius 3 is 2.82 bits per heavy atom. The van der Waals surface area contributed by atoms with E-state index in [1.165, 1.54) is 12.0 Å². The Morgan fingerprint density at radius 2 is 2.06 bits per heavy atom. The van der Waals surface area contributed by atoms with E-state index in [0.29, 0.717) is 17.2 Å². The predicted octanol–water partition coefficient (Wildman–Crippen LogP) is 2.82. The fourth-order valence-corrected chi connectivity index (χ4v) is 3.93. The molecule has 4 aromatic heterocycles. The molecule has 178 valence electrons. The summed E-state index contributed by atoms with van der Waals surface area (Å²) in [5, 5.41) is 7.49. The number of nitrogens with zero attached hydrogens (tertiary/aromatic N) is 7. The van der Waals surface area contributed by atoms with Gasteiger partial charge in [-0.25, -0.2) is 23.7 Å². The van der Waals surface area contributed by atoms with Crippen LogP contribution in [0.3, 0.4) is 0 Å². The second-order valence-corrected chi connectivity index (χ2v) is 9.10. The van der Waals surface area contributed by atoms with Crippen LogP contribution in [-0.4, -0.2) is 78.0 Å². The van der Waals surface area contributed by atoms with Crippen molar-refractivity contribution in [2.75, 3.05) is 25.5 Å². The van der Waals surface area contributed by atoms with Crippen LogP contribution in [0.5, 0.6) is 5.88 Å². The number of fused-ring (bicyclic) bond motifs is 2. The van der Waals surface area contributed by atoms with Crippen LogP contribution in [0.1, 0.15) is 20.8 Å². The van der Waals surface area contributed by atoms with Gasteiger partial charge in [-0.15, -0.1) is 5.10 Å². The lowest BCUT2D eigenvalue weighted by Crippen LogP contribution is -2.36. The van der Waals surface area contributed by atoms with Crippen LogP contribution in [0, 0.1) is 0 Å². The molecular weight excluding hydrogens is 443 g/mol. The number of carbonyl (C=O) groups is 1. The third-order valence-electron chi connectivity index (χ3n) is 5.44. The summed E-state index contributed by atoms with van der Waals surface area (Å²) in [6, 6.07) is 1.20. The molecule has 0 unspecified atom stereocenters. The maximum Gasteiger partial charge on any atom is 0.410 e. The maximum absolute atomic E-state index is 14.7. The van der Waals surface area contributed by atoms with Crippen molar-refractivity contribution in [3.05, 3.63) is 37.1 Å². The van der Waals surface area contributed by atoms with E-state index in [1.54, 1.807) is 43.9 Å². The van der Waals surface area contributed by atoms with Crippen molar-refractivity contribution >= 4 is 23.3 Å². The molecule has 0 aliphatic carbocycles. The van der Waals surface area contributed by atoms with E-state index in [-0.39, 0.29) is 19.0 Å². The highest BCUT2D eigenvalue weighted by Crippen LogP contribution is 2.31. The molecule has 1 aliphatic heterocycles. The highest BCUT2D eigenvalue weighted by molar-refractivity contribution is 5.84. The van der Waals surface area contributed by atoms with Gasteiger partial charge in [-0.1, -0.05) is 0 Å². The summed E-state index contributed by atoms with van der Waals surface area (Å²) in [4.78, 5) is 26.6. The maximum atomic E-state index is 14.7. The largest absolute Gasteiger partial charge is 0.479 e. The number of amides is 1. The topological polar surface area (TPSA) is 111 Å². The van der Waals surface area contributed by atoms with Crippen LogP contribution >= 0.6 is 0 Å². The highest BCUT2D eigenvalue weighted by atomic mass is 19.1.